The molecule has 2 aromatic carbocycles. The smallest absolute Gasteiger partial charge is 0.253 e. The summed E-state index contributed by atoms with van der Waals surface area (Å²) in [4.78, 5) is 24.1. The fourth-order valence-corrected chi connectivity index (χ4v) is 4.66. The minimum Gasteiger partial charge on any atom is -0.377 e. The lowest BCUT2D eigenvalue weighted by atomic mass is 9.91. The van der Waals surface area contributed by atoms with E-state index in [0.29, 0.717) is 11.6 Å². The van der Waals surface area contributed by atoms with Crippen LogP contribution in [0.2, 0.25) is 0 Å². The van der Waals surface area contributed by atoms with Crippen LogP contribution < -0.4 is 15.5 Å². The standard InChI is InChI=1S/C27H29N5O/c1-32(2)25-16-26(31-24-10-6-4-8-22(24)25)29-20-11-13-21(14-12-20)30-27(33)19-15-18-7-3-5-9-23(18)28-17-19/h3-10,15-17,20-21H,11-14H2,1-2H3,(H,29,31)(H,30,33). The maximum Gasteiger partial charge on any atom is 0.253 e. The summed E-state index contributed by atoms with van der Waals surface area (Å²) in [7, 11) is 4.12. The Morgan fingerprint density at radius 3 is 2.39 bits per heavy atom. The number of carbonyl (C=O) groups excluding carboxylic acids is 1. The van der Waals surface area contributed by atoms with Crippen LogP contribution in [0.15, 0.2) is 66.9 Å². The molecule has 0 unspecified atom stereocenters. The van der Waals surface area contributed by atoms with Gasteiger partial charge in [-0.15, -0.1) is 0 Å². The number of nitrogens with zero attached hydrogens (tertiary/aromatic N) is 3. The molecule has 1 aliphatic carbocycles. The lowest BCUT2D eigenvalue weighted by Gasteiger charge is -2.30. The van der Waals surface area contributed by atoms with Gasteiger partial charge in [0.15, 0.2) is 0 Å². The van der Waals surface area contributed by atoms with Gasteiger partial charge in [-0.25, -0.2) is 4.98 Å². The average molecular weight is 440 g/mol. The Kier molecular flexibility index (Phi) is 5.82. The highest BCUT2D eigenvalue weighted by atomic mass is 16.1. The SMILES string of the molecule is CN(C)c1cc(NC2CCC(NC(=O)c3cnc4ccccc4c3)CC2)nc2ccccc12. The molecule has 0 spiro atoms. The second kappa shape index (κ2) is 9.06. The molecule has 5 rings (SSSR count). The van der Waals surface area contributed by atoms with Gasteiger partial charge >= 0.3 is 0 Å². The molecular formula is C27H29N5O. The lowest BCUT2D eigenvalue weighted by Crippen LogP contribution is -2.40. The zero-order valence-corrected chi connectivity index (χ0v) is 19.1. The van der Waals surface area contributed by atoms with Crippen molar-refractivity contribution in [2.45, 2.75) is 37.8 Å². The Labute approximate surface area is 194 Å². The molecule has 0 radical (unpaired) electrons. The number of rotatable bonds is 5. The molecule has 1 saturated carbocycles. The number of fused-ring (bicyclic) bond motifs is 2. The number of aromatic nitrogens is 2. The zero-order chi connectivity index (χ0) is 22.8. The van der Waals surface area contributed by atoms with Crippen molar-refractivity contribution in [3.05, 3.63) is 72.4 Å². The Balaban J connectivity index is 1.21. The normalized spacial score (nSPS) is 18.2. The minimum absolute atomic E-state index is 0.0449. The minimum atomic E-state index is -0.0449. The summed E-state index contributed by atoms with van der Waals surface area (Å²) >= 11 is 0. The molecule has 2 aromatic heterocycles. The average Bonchev–Trinajstić information content (AvgIpc) is 2.84. The molecule has 1 fully saturated rings. The first-order valence-corrected chi connectivity index (χ1v) is 11.6. The number of pyridine rings is 2. The number of para-hydroxylation sites is 2. The van der Waals surface area contributed by atoms with Gasteiger partial charge in [-0.05, 0) is 43.9 Å². The number of anilines is 2. The topological polar surface area (TPSA) is 70.2 Å². The molecule has 33 heavy (non-hydrogen) atoms. The van der Waals surface area contributed by atoms with Gasteiger partial charge in [0, 0.05) is 54.9 Å². The van der Waals surface area contributed by atoms with Crippen molar-refractivity contribution in [2.75, 3.05) is 24.3 Å². The van der Waals surface area contributed by atoms with Gasteiger partial charge in [0.1, 0.15) is 5.82 Å². The first-order valence-electron chi connectivity index (χ1n) is 11.6. The third-order valence-corrected chi connectivity index (χ3v) is 6.44. The summed E-state index contributed by atoms with van der Waals surface area (Å²) in [5.74, 6) is 0.864. The fraction of sp³-hybridized carbons (Fsp3) is 0.296. The Bertz CT molecular complexity index is 1290. The molecule has 168 valence electrons. The molecule has 6 heteroatoms. The summed E-state index contributed by atoms with van der Waals surface area (Å²) in [6, 6.07) is 20.7. The van der Waals surface area contributed by atoms with Crippen LogP contribution in [0.1, 0.15) is 36.0 Å². The predicted molar refractivity (Wildman–Crippen MR) is 135 cm³/mol. The number of nitrogens with one attached hydrogen (secondary N) is 2. The molecule has 6 nitrogen and oxygen atoms in total. The van der Waals surface area contributed by atoms with E-state index in [2.05, 4.69) is 52.8 Å². The van der Waals surface area contributed by atoms with Crippen LogP contribution in [0.3, 0.4) is 0 Å². The maximum absolute atomic E-state index is 12.8. The van der Waals surface area contributed by atoms with Gasteiger partial charge in [0.25, 0.3) is 5.91 Å². The summed E-state index contributed by atoms with van der Waals surface area (Å²) in [5.41, 5.74) is 3.68. The van der Waals surface area contributed by atoms with Gasteiger partial charge in [0.2, 0.25) is 0 Å². The van der Waals surface area contributed by atoms with Gasteiger partial charge in [-0.1, -0.05) is 36.4 Å². The summed E-state index contributed by atoms with van der Waals surface area (Å²) in [5, 5.41) is 8.98. The van der Waals surface area contributed by atoms with Crippen molar-refractivity contribution in [2.24, 2.45) is 0 Å². The quantitative estimate of drug-likeness (QED) is 0.458. The number of hydrogen-bond donors (Lipinski definition) is 2. The largest absolute Gasteiger partial charge is 0.377 e. The molecule has 2 N–H and O–H groups in total. The molecule has 0 atom stereocenters. The fourth-order valence-electron chi connectivity index (χ4n) is 4.66. The van der Waals surface area contributed by atoms with Crippen molar-refractivity contribution >= 4 is 39.2 Å². The van der Waals surface area contributed by atoms with Crippen molar-refractivity contribution < 1.29 is 4.79 Å². The van der Waals surface area contributed by atoms with E-state index >= 15 is 0 Å². The summed E-state index contributed by atoms with van der Waals surface area (Å²) < 4.78 is 0. The van der Waals surface area contributed by atoms with E-state index in [1.807, 2.05) is 42.5 Å². The van der Waals surface area contributed by atoms with Crippen LogP contribution >= 0.6 is 0 Å². The highest BCUT2D eigenvalue weighted by Crippen LogP contribution is 2.29. The molecule has 1 aliphatic rings. The van der Waals surface area contributed by atoms with E-state index in [-0.39, 0.29) is 11.9 Å². The Hall–Kier alpha value is -3.67. The van der Waals surface area contributed by atoms with E-state index in [9.17, 15) is 4.79 Å². The molecule has 0 bridgehead atoms. The predicted octanol–water partition coefficient (Wildman–Crippen LogP) is 5.00. The van der Waals surface area contributed by atoms with Crippen molar-refractivity contribution in [3.8, 4) is 0 Å². The van der Waals surface area contributed by atoms with Crippen LogP contribution in [0.4, 0.5) is 11.5 Å². The van der Waals surface area contributed by atoms with Gasteiger partial charge in [-0.3, -0.25) is 9.78 Å². The lowest BCUT2D eigenvalue weighted by molar-refractivity contribution is 0.0926. The van der Waals surface area contributed by atoms with E-state index in [1.54, 1.807) is 6.20 Å². The van der Waals surface area contributed by atoms with Crippen molar-refractivity contribution in [3.63, 3.8) is 0 Å². The van der Waals surface area contributed by atoms with Crippen LogP contribution in [0, 0.1) is 0 Å². The Morgan fingerprint density at radius 2 is 1.61 bits per heavy atom. The maximum atomic E-state index is 12.8. The third-order valence-electron chi connectivity index (χ3n) is 6.44. The number of hydrogen-bond acceptors (Lipinski definition) is 5. The third kappa shape index (κ3) is 4.60. The van der Waals surface area contributed by atoms with Gasteiger partial charge < -0.3 is 15.5 Å². The number of amides is 1. The highest BCUT2D eigenvalue weighted by Gasteiger charge is 2.23. The van der Waals surface area contributed by atoms with Crippen LogP contribution in [0.5, 0.6) is 0 Å². The van der Waals surface area contributed by atoms with E-state index in [0.717, 1.165) is 59.0 Å². The molecule has 4 aromatic rings. The second-order valence-electron chi connectivity index (χ2n) is 9.02. The van der Waals surface area contributed by atoms with Crippen LogP contribution in [0.25, 0.3) is 21.8 Å². The molecule has 0 aliphatic heterocycles. The van der Waals surface area contributed by atoms with Crippen molar-refractivity contribution in [1.29, 1.82) is 0 Å². The highest BCUT2D eigenvalue weighted by molar-refractivity contribution is 5.97. The van der Waals surface area contributed by atoms with Crippen LogP contribution in [-0.2, 0) is 0 Å². The monoisotopic (exact) mass is 439 g/mol. The molecule has 2 heterocycles. The molecule has 1 amide bonds. The number of benzene rings is 2. The summed E-state index contributed by atoms with van der Waals surface area (Å²) in [6.45, 7) is 0. The van der Waals surface area contributed by atoms with E-state index < -0.39 is 0 Å². The molecule has 0 saturated heterocycles. The Morgan fingerprint density at radius 1 is 0.909 bits per heavy atom. The van der Waals surface area contributed by atoms with E-state index in [1.165, 1.54) is 0 Å². The first-order chi connectivity index (χ1) is 16.1. The number of carbonyl (C=O) groups is 1. The van der Waals surface area contributed by atoms with E-state index in [4.69, 9.17) is 4.98 Å². The zero-order valence-electron chi connectivity index (χ0n) is 19.1. The first kappa shape index (κ1) is 21.2. The van der Waals surface area contributed by atoms with Crippen molar-refractivity contribution in [1.82, 2.24) is 15.3 Å². The summed E-state index contributed by atoms with van der Waals surface area (Å²) in [6.07, 6.45) is 5.54. The second-order valence-corrected chi connectivity index (χ2v) is 9.02. The molecular weight excluding hydrogens is 410 g/mol. The van der Waals surface area contributed by atoms with Crippen LogP contribution in [-0.4, -0.2) is 42.1 Å². The van der Waals surface area contributed by atoms with Gasteiger partial charge in [0.05, 0.1) is 16.6 Å². The van der Waals surface area contributed by atoms with Gasteiger partial charge in [-0.2, -0.15) is 0 Å².